The van der Waals surface area contributed by atoms with Crippen molar-refractivity contribution in [2.45, 2.75) is 12.6 Å². The zero-order valence-electron chi connectivity index (χ0n) is 16.6. The molecule has 2 aromatic carbocycles. The van der Waals surface area contributed by atoms with E-state index in [0.29, 0.717) is 35.0 Å². The van der Waals surface area contributed by atoms with Crippen LogP contribution < -0.4 is 10.1 Å². The summed E-state index contributed by atoms with van der Waals surface area (Å²) in [6.07, 6.45) is -2.55. The van der Waals surface area contributed by atoms with E-state index in [1.807, 2.05) is 0 Å². The fourth-order valence-electron chi connectivity index (χ4n) is 2.94. The number of nitrogens with one attached hydrogen (secondary N) is 1. The number of benzene rings is 2. The Balaban J connectivity index is 1.44. The molecule has 7 nitrogen and oxygen atoms in total. The van der Waals surface area contributed by atoms with Crippen LogP contribution in [0.25, 0.3) is 11.6 Å². The molecule has 2 aromatic heterocycles. The van der Waals surface area contributed by atoms with Crippen LogP contribution in [0.15, 0.2) is 71.6 Å². The Hall–Kier alpha value is -4.28. The van der Waals surface area contributed by atoms with Crippen molar-refractivity contribution < 1.29 is 31.5 Å². The minimum absolute atomic E-state index is 0.0268. The summed E-state index contributed by atoms with van der Waals surface area (Å²) in [5.41, 5.74) is -0.617. The molecule has 0 atom stereocenters. The Kier molecular flexibility index (Phi) is 6.03. The Morgan fingerprint density at radius 3 is 2.64 bits per heavy atom. The standard InChI is InChI=1S/C22H14F4N4O3/c23-18-5-4-13(8-17(18)22(24,25)26)9-20(31)29-14-2-1-3-15(10-14)33-16-6-7-27-19(11-16)21-30-28-12-32-21/h1-8,10-12H,9H2,(H,29,31). The first-order valence-electron chi connectivity index (χ1n) is 9.44. The zero-order valence-corrected chi connectivity index (χ0v) is 16.6. The SMILES string of the molecule is O=C(Cc1ccc(F)c(C(F)(F)F)c1)Nc1cccc(Oc2ccnc(-c3nnco3)c2)c1. The van der Waals surface area contributed by atoms with E-state index >= 15 is 0 Å². The maximum atomic E-state index is 13.4. The van der Waals surface area contributed by atoms with Gasteiger partial charge in [-0.1, -0.05) is 12.1 Å². The summed E-state index contributed by atoms with van der Waals surface area (Å²) in [7, 11) is 0. The highest BCUT2D eigenvalue weighted by molar-refractivity contribution is 5.92. The van der Waals surface area contributed by atoms with Crippen LogP contribution in [0.5, 0.6) is 11.5 Å². The van der Waals surface area contributed by atoms with Gasteiger partial charge in [0, 0.05) is 24.0 Å². The topological polar surface area (TPSA) is 90.1 Å². The molecule has 0 aliphatic rings. The Bertz CT molecular complexity index is 1280. The molecular formula is C22H14F4N4O3. The minimum atomic E-state index is -4.85. The number of nitrogens with zero attached hydrogens (tertiary/aromatic N) is 3. The predicted octanol–water partition coefficient (Wildman–Crippen LogP) is 5.26. The fraction of sp³-hybridized carbons (Fsp3) is 0.0909. The number of aromatic nitrogens is 3. The molecule has 2 heterocycles. The lowest BCUT2D eigenvalue weighted by Gasteiger charge is -2.11. The second-order valence-electron chi connectivity index (χ2n) is 6.79. The molecular weight excluding hydrogens is 444 g/mol. The van der Waals surface area contributed by atoms with Gasteiger partial charge in [-0.05, 0) is 35.9 Å². The van der Waals surface area contributed by atoms with Crippen molar-refractivity contribution in [1.29, 1.82) is 0 Å². The number of anilines is 1. The van der Waals surface area contributed by atoms with Crippen LogP contribution in [0.1, 0.15) is 11.1 Å². The van der Waals surface area contributed by atoms with Crippen molar-refractivity contribution in [2.24, 2.45) is 0 Å². The summed E-state index contributed by atoms with van der Waals surface area (Å²) < 4.78 is 62.9. The number of hydrogen-bond donors (Lipinski definition) is 1. The molecule has 11 heteroatoms. The van der Waals surface area contributed by atoms with Crippen LogP contribution in [0.3, 0.4) is 0 Å². The predicted molar refractivity (Wildman–Crippen MR) is 108 cm³/mol. The Morgan fingerprint density at radius 1 is 1.06 bits per heavy atom. The number of alkyl halides is 3. The number of rotatable bonds is 6. The van der Waals surface area contributed by atoms with E-state index in [1.54, 1.807) is 30.3 Å². The summed E-state index contributed by atoms with van der Waals surface area (Å²) in [4.78, 5) is 16.4. The molecule has 0 aliphatic carbocycles. The highest BCUT2D eigenvalue weighted by Gasteiger charge is 2.34. The largest absolute Gasteiger partial charge is 0.457 e. The molecule has 168 valence electrons. The van der Waals surface area contributed by atoms with Gasteiger partial charge < -0.3 is 14.5 Å². The first-order valence-corrected chi connectivity index (χ1v) is 9.44. The van der Waals surface area contributed by atoms with E-state index in [2.05, 4.69) is 20.5 Å². The second-order valence-corrected chi connectivity index (χ2v) is 6.79. The highest BCUT2D eigenvalue weighted by atomic mass is 19.4. The summed E-state index contributed by atoms with van der Waals surface area (Å²) in [5.74, 6) is -0.940. The van der Waals surface area contributed by atoms with Gasteiger partial charge in [0.05, 0.1) is 12.0 Å². The van der Waals surface area contributed by atoms with Crippen LogP contribution in [0, 0.1) is 5.82 Å². The quantitative estimate of drug-likeness (QED) is 0.396. The average molecular weight is 458 g/mol. The smallest absolute Gasteiger partial charge is 0.419 e. The third-order valence-corrected chi connectivity index (χ3v) is 4.36. The number of amides is 1. The molecule has 1 N–H and O–H groups in total. The van der Waals surface area contributed by atoms with Crippen LogP contribution in [-0.2, 0) is 17.4 Å². The van der Waals surface area contributed by atoms with Crippen LogP contribution in [0.4, 0.5) is 23.2 Å². The molecule has 0 radical (unpaired) electrons. The summed E-state index contributed by atoms with van der Waals surface area (Å²) in [6, 6.07) is 12.1. The van der Waals surface area contributed by atoms with Crippen LogP contribution in [0.2, 0.25) is 0 Å². The number of halogens is 4. The van der Waals surface area contributed by atoms with Gasteiger partial charge in [0.2, 0.25) is 12.3 Å². The number of hydrogen-bond acceptors (Lipinski definition) is 6. The zero-order chi connectivity index (χ0) is 23.4. The monoisotopic (exact) mass is 458 g/mol. The third-order valence-electron chi connectivity index (χ3n) is 4.36. The van der Waals surface area contributed by atoms with E-state index < -0.39 is 23.5 Å². The van der Waals surface area contributed by atoms with Gasteiger partial charge in [0.1, 0.15) is 23.0 Å². The molecule has 0 saturated carbocycles. The van der Waals surface area contributed by atoms with E-state index in [-0.39, 0.29) is 17.9 Å². The van der Waals surface area contributed by atoms with Crippen molar-refractivity contribution in [3.8, 4) is 23.1 Å². The van der Waals surface area contributed by atoms with Crippen molar-refractivity contribution in [2.75, 3.05) is 5.32 Å². The lowest BCUT2D eigenvalue weighted by Crippen LogP contribution is -2.15. The van der Waals surface area contributed by atoms with Gasteiger partial charge in [-0.15, -0.1) is 10.2 Å². The summed E-state index contributed by atoms with van der Waals surface area (Å²) in [5, 5.41) is 9.95. The van der Waals surface area contributed by atoms with Crippen LogP contribution in [-0.4, -0.2) is 21.1 Å². The van der Waals surface area contributed by atoms with E-state index in [0.717, 1.165) is 6.07 Å². The maximum absolute atomic E-state index is 13.4. The van der Waals surface area contributed by atoms with E-state index in [1.165, 1.54) is 18.7 Å². The van der Waals surface area contributed by atoms with E-state index in [4.69, 9.17) is 9.15 Å². The third kappa shape index (κ3) is 5.50. The van der Waals surface area contributed by atoms with Gasteiger partial charge in [0.15, 0.2) is 0 Å². The molecule has 1 amide bonds. The summed E-state index contributed by atoms with van der Waals surface area (Å²) >= 11 is 0. The number of pyridine rings is 1. The molecule has 33 heavy (non-hydrogen) atoms. The normalized spacial score (nSPS) is 11.3. The minimum Gasteiger partial charge on any atom is -0.457 e. The van der Waals surface area contributed by atoms with E-state index in [9.17, 15) is 22.4 Å². The Morgan fingerprint density at radius 2 is 1.88 bits per heavy atom. The van der Waals surface area contributed by atoms with Gasteiger partial charge >= 0.3 is 6.18 Å². The van der Waals surface area contributed by atoms with Crippen LogP contribution >= 0.6 is 0 Å². The molecule has 0 unspecified atom stereocenters. The highest BCUT2D eigenvalue weighted by Crippen LogP contribution is 2.32. The van der Waals surface area contributed by atoms with Crippen molar-refractivity contribution in [3.63, 3.8) is 0 Å². The molecule has 4 rings (SSSR count). The average Bonchev–Trinajstić information content (AvgIpc) is 3.30. The number of ether oxygens (including phenoxy) is 1. The number of carbonyl (C=O) groups is 1. The van der Waals surface area contributed by atoms with Crippen molar-refractivity contribution >= 4 is 11.6 Å². The molecule has 0 fully saturated rings. The molecule has 0 spiro atoms. The van der Waals surface area contributed by atoms with Crippen molar-refractivity contribution in [1.82, 2.24) is 15.2 Å². The maximum Gasteiger partial charge on any atom is 0.419 e. The lowest BCUT2D eigenvalue weighted by molar-refractivity contribution is -0.140. The molecule has 0 aliphatic heterocycles. The fourth-order valence-corrected chi connectivity index (χ4v) is 2.94. The van der Waals surface area contributed by atoms with Gasteiger partial charge in [-0.3, -0.25) is 9.78 Å². The molecule has 0 bridgehead atoms. The molecule has 0 saturated heterocycles. The van der Waals surface area contributed by atoms with Gasteiger partial charge in [0.25, 0.3) is 5.89 Å². The number of carbonyl (C=O) groups excluding carboxylic acids is 1. The Labute approximate surface area is 184 Å². The molecule has 4 aromatic rings. The van der Waals surface area contributed by atoms with Gasteiger partial charge in [-0.2, -0.15) is 13.2 Å². The second kappa shape index (κ2) is 9.07. The lowest BCUT2D eigenvalue weighted by atomic mass is 10.1. The first kappa shape index (κ1) is 21.9. The van der Waals surface area contributed by atoms with Crippen molar-refractivity contribution in [3.05, 3.63) is 84.1 Å². The summed E-state index contributed by atoms with van der Waals surface area (Å²) in [6.45, 7) is 0. The first-order chi connectivity index (χ1) is 15.8. The van der Waals surface area contributed by atoms with Gasteiger partial charge in [-0.25, -0.2) is 4.39 Å².